The van der Waals surface area contributed by atoms with Crippen LogP contribution < -0.4 is 5.32 Å². The third kappa shape index (κ3) is 4.82. The number of halogens is 1. The quantitative estimate of drug-likeness (QED) is 0.836. The van der Waals surface area contributed by atoms with E-state index < -0.39 is 0 Å². The van der Waals surface area contributed by atoms with Gasteiger partial charge in [-0.25, -0.2) is 0 Å². The van der Waals surface area contributed by atoms with Crippen LogP contribution in [0.3, 0.4) is 0 Å². The van der Waals surface area contributed by atoms with E-state index in [0.717, 1.165) is 24.7 Å². The average molecular weight is 283 g/mol. The summed E-state index contributed by atoms with van der Waals surface area (Å²) in [6.45, 7) is 4.20. The summed E-state index contributed by atoms with van der Waals surface area (Å²) in [4.78, 5) is 13.7. The van der Waals surface area contributed by atoms with Crippen molar-refractivity contribution >= 4 is 17.5 Å². The summed E-state index contributed by atoms with van der Waals surface area (Å²) in [5.41, 5.74) is 1.17. The predicted octanol–water partition coefficient (Wildman–Crippen LogP) is 1.68. The molecule has 1 saturated heterocycles. The first kappa shape index (κ1) is 14.3. The predicted molar refractivity (Wildman–Crippen MR) is 75.2 cm³/mol. The molecule has 1 aromatic rings. The molecular formula is C14H19ClN2O2. The van der Waals surface area contributed by atoms with Crippen molar-refractivity contribution in [2.75, 3.05) is 32.8 Å². The first-order chi connectivity index (χ1) is 9.25. The molecule has 1 fully saturated rings. The Balaban J connectivity index is 1.63. The van der Waals surface area contributed by atoms with E-state index in [-0.39, 0.29) is 5.91 Å². The van der Waals surface area contributed by atoms with Crippen molar-refractivity contribution in [3.05, 3.63) is 34.9 Å². The van der Waals surface area contributed by atoms with Gasteiger partial charge >= 0.3 is 0 Å². The maximum Gasteiger partial charge on any atom is 0.224 e. The van der Waals surface area contributed by atoms with Gasteiger partial charge in [0, 0.05) is 37.6 Å². The molecule has 19 heavy (non-hydrogen) atoms. The molecule has 1 aliphatic heterocycles. The lowest BCUT2D eigenvalue weighted by molar-refractivity contribution is -0.135. The third-order valence-corrected chi connectivity index (χ3v) is 3.37. The number of hydrogen-bond donors (Lipinski definition) is 1. The van der Waals surface area contributed by atoms with Crippen LogP contribution in [0, 0.1) is 0 Å². The number of benzene rings is 1. The Morgan fingerprint density at radius 1 is 1.26 bits per heavy atom. The second kappa shape index (κ2) is 7.48. The van der Waals surface area contributed by atoms with Crippen LogP contribution in [-0.4, -0.2) is 43.7 Å². The van der Waals surface area contributed by atoms with Crippen molar-refractivity contribution in [1.29, 1.82) is 0 Å². The van der Waals surface area contributed by atoms with Crippen molar-refractivity contribution in [3.63, 3.8) is 0 Å². The number of rotatable bonds is 5. The van der Waals surface area contributed by atoms with Crippen LogP contribution in [0.5, 0.6) is 0 Å². The highest BCUT2D eigenvalue weighted by molar-refractivity contribution is 6.30. The van der Waals surface area contributed by atoms with Crippen LogP contribution >= 0.6 is 11.6 Å². The van der Waals surface area contributed by atoms with Gasteiger partial charge in [0.25, 0.3) is 0 Å². The van der Waals surface area contributed by atoms with Crippen molar-refractivity contribution in [1.82, 2.24) is 10.2 Å². The van der Waals surface area contributed by atoms with Gasteiger partial charge in [0.05, 0.1) is 13.2 Å². The van der Waals surface area contributed by atoms with Crippen molar-refractivity contribution < 1.29 is 9.53 Å². The van der Waals surface area contributed by atoms with Crippen molar-refractivity contribution in [2.45, 2.75) is 13.0 Å². The lowest BCUT2D eigenvalue weighted by Crippen LogP contribution is -2.41. The summed E-state index contributed by atoms with van der Waals surface area (Å²) in [6, 6.07) is 7.72. The summed E-state index contributed by atoms with van der Waals surface area (Å²) in [6.07, 6.45) is 0.535. The van der Waals surface area contributed by atoms with E-state index in [4.69, 9.17) is 16.3 Å². The van der Waals surface area contributed by atoms with Gasteiger partial charge in [0.15, 0.2) is 0 Å². The number of morpholine rings is 1. The lowest BCUT2D eigenvalue weighted by Gasteiger charge is -2.26. The molecule has 1 aromatic carbocycles. The van der Waals surface area contributed by atoms with Crippen LogP contribution in [0.2, 0.25) is 5.02 Å². The fraction of sp³-hybridized carbons (Fsp3) is 0.500. The second-order valence-corrected chi connectivity index (χ2v) is 4.98. The second-order valence-electron chi connectivity index (χ2n) is 4.55. The average Bonchev–Trinajstić information content (AvgIpc) is 2.46. The molecule has 2 rings (SSSR count). The summed E-state index contributed by atoms with van der Waals surface area (Å²) in [5.74, 6) is 0.201. The van der Waals surface area contributed by atoms with E-state index in [9.17, 15) is 4.79 Å². The van der Waals surface area contributed by atoms with Gasteiger partial charge in [-0.05, 0) is 17.7 Å². The number of ether oxygens (including phenoxy) is 1. The fourth-order valence-corrected chi connectivity index (χ4v) is 2.13. The molecule has 1 heterocycles. The highest BCUT2D eigenvalue weighted by Crippen LogP contribution is 2.09. The summed E-state index contributed by atoms with van der Waals surface area (Å²) < 4.78 is 5.22. The Labute approximate surface area is 118 Å². The monoisotopic (exact) mass is 282 g/mol. The molecule has 0 unspecified atom stereocenters. The Morgan fingerprint density at radius 2 is 1.95 bits per heavy atom. The number of carbonyl (C=O) groups is 1. The molecule has 0 atom stereocenters. The van der Waals surface area contributed by atoms with Crippen LogP contribution in [0.1, 0.15) is 12.0 Å². The molecule has 1 aliphatic rings. The molecule has 0 bridgehead atoms. The minimum Gasteiger partial charge on any atom is -0.378 e. The Kier molecular flexibility index (Phi) is 5.63. The van der Waals surface area contributed by atoms with Crippen LogP contribution in [0.15, 0.2) is 24.3 Å². The zero-order valence-electron chi connectivity index (χ0n) is 10.9. The number of nitrogens with one attached hydrogen (secondary N) is 1. The molecule has 104 valence electrons. The molecular weight excluding hydrogens is 264 g/mol. The largest absolute Gasteiger partial charge is 0.378 e. The highest BCUT2D eigenvalue weighted by atomic mass is 35.5. The molecule has 1 amide bonds. The van der Waals surface area contributed by atoms with Crippen molar-refractivity contribution in [3.8, 4) is 0 Å². The number of amides is 1. The normalized spacial score (nSPS) is 15.5. The maximum absolute atomic E-state index is 11.9. The van der Waals surface area contributed by atoms with Gasteiger partial charge < -0.3 is 15.0 Å². The molecule has 4 nitrogen and oxygen atoms in total. The van der Waals surface area contributed by atoms with Gasteiger partial charge in [0.1, 0.15) is 0 Å². The molecule has 5 heteroatoms. The highest BCUT2D eigenvalue weighted by Gasteiger charge is 2.15. The van der Waals surface area contributed by atoms with Gasteiger partial charge in [-0.1, -0.05) is 23.7 Å². The maximum atomic E-state index is 11.9. The van der Waals surface area contributed by atoms with Crippen LogP contribution in [0.4, 0.5) is 0 Å². The first-order valence-corrected chi connectivity index (χ1v) is 6.94. The molecule has 0 aliphatic carbocycles. The fourth-order valence-electron chi connectivity index (χ4n) is 2.00. The van der Waals surface area contributed by atoms with E-state index in [2.05, 4.69) is 5.32 Å². The first-order valence-electron chi connectivity index (χ1n) is 6.56. The van der Waals surface area contributed by atoms with Gasteiger partial charge in [-0.15, -0.1) is 0 Å². The zero-order valence-corrected chi connectivity index (χ0v) is 11.7. The summed E-state index contributed by atoms with van der Waals surface area (Å²) in [5, 5.41) is 4.01. The molecule has 0 saturated carbocycles. The smallest absolute Gasteiger partial charge is 0.224 e. The third-order valence-electron chi connectivity index (χ3n) is 3.12. The van der Waals surface area contributed by atoms with E-state index in [1.807, 2.05) is 29.2 Å². The SMILES string of the molecule is O=C(CCNCc1ccc(Cl)cc1)N1CCOCC1. The molecule has 0 spiro atoms. The van der Waals surface area contributed by atoms with Gasteiger partial charge in [0.2, 0.25) is 5.91 Å². The minimum atomic E-state index is 0.201. The number of nitrogens with zero attached hydrogens (tertiary/aromatic N) is 1. The summed E-state index contributed by atoms with van der Waals surface area (Å²) in [7, 11) is 0. The topological polar surface area (TPSA) is 41.6 Å². The van der Waals surface area contributed by atoms with E-state index in [0.29, 0.717) is 26.2 Å². The Morgan fingerprint density at radius 3 is 2.63 bits per heavy atom. The van der Waals surface area contributed by atoms with E-state index in [1.165, 1.54) is 5.56 Å². The van der Waals surface area contributed by atoms with Gasteiger partial charge in [-0.3, -0.25) is 4.79 Å². The zero-order chi connectivity index (χ0) is 13.5. The Bertz CT molecular complexity index is 402. The van der Waals surface area contributed by atoms with E-state index in [1.54, 1.807) is 0 Å². The molecule has 0 aromatic heterocycles. The lowest BCUT2D eigenvalue weighted by atomic mass is 10.2. The standard InChI is InChI=1S/C14H19ClN2O2/c15-13-3-1-12(2-4-13)11-16-6-5-14(18)17-7-9-19-10-8-17/h1-4,16H,5-11H2. The van der Waals surface area contributed by atoms with Gasteiger partial charge in [-0.2, -0.15) is 0 Å². The molecule has 1 N–H and O–H groups in total. The van der Waals surface area contributed by atoms with Crippen LogP contribution in [0.25, 0.3) is 0 Å². The number of hydrogen-bond acceptors (Lipinski definition) is 3. The van der Waals surface area contributed by atoms with Crippen molar-refractivity contribution in [2.24, 2.45) is 0 Å². The summed E-state index contributed by atoms with van der Waals surface area (Å²) >= 11 is 5.82. The Hall–Kier alpha value is -1.10. The van der Waals surface area contributed by atoms with Crippen LogP contribution in [-0.2, 0) is 16.1 Å². The minimum absolute atomic E-state index is 0.201. The molecule has 0 radical (unpaired) electrons. The van der Waals surface area contributed by atoms with E-state index >= 15 is 0 Å². The number of carbonyl (C=O) groups excluding carboxylic acids is 1.